The summed E-state index contributed by atoms with van der Waals surface area (Å²) < 4.78 is 0. The molecule has 1 saturated carbocycles. The summed E-state index contributed by atoms with van der Waals surface area (Å²) in [5.41, 5.74) is -1.64. The molecule has 0 aromatic rings. The molecule has 1 N–H and O–H groups in total. The van der Waals surface area contributed by atoms with Gasteiger partial charge in [0.15, 0.2) is 0 Å². The summed E-state index contributed by atoms with van der Waals surface area (Å²) in [4.78, 5) is 37.2. The Morgan fingerprint density at radius 2 is 1.70 bits per heavy atom. The number of amides is 2. The number of likely N-dealkylation sites (tertiary alicyclic amines) is 1. The van der Waals surface area contributed by atoms with Crippen LogP contribution < -0.4 is 0 Å². The standard InChI is InChI=1S/C15H23NO4/c1-14(2)9-11(17)16(12(14)18)10-15(13(19)20)7-5-3-4-6-8-15/h3-10H2,1-2H3,(H,19,20). The summed E-state index contributed by atoms with van der Waals surface area (Å²) >= 11 is 0. The molecule has 0 bridgehead atoms. The fraction of sp³-hybridized carbons (Fsp3) is 0.800. The first-order valence-electron chi connectivity index (χ1n) is 7.37. The fourth-order valence-electron chi connectivity index (χ4n) is 3.34. The topological polar surface area (TPSA) is 74.7 Å². The van der Waals surface area contributed by atoms with Crippen LogP contribution in [0.5, 0.6) is 0 Å². The Labute approximate surface area is 119 Å². The smallest absolute Gasteiger partial charge is 0.311 e. The summed E-state index contributed by atoms with van der Waals surface area (Å²) in [6.45, 7) is 3.53. The average molecular weight is 281 g/mol. The zero-order valence-corrected chi connectivity index (χ0v) is 12.3. The van der Waals surface area contributed by atoms with Gasteiger partial charge in [-0.25, -0.2) is 0 Å². The SMILES string of the molecule is CC1(C)CC(=O)N(CC2(C(=O)O)CCCCCC2)C1=O. The molecule has 1 heterocycles. The summed E-state index contributed by atoms with van der Waals surface area (Å²) in [5, 5.41) is 9.63. The summed E-state index contributed by atoms with van der Waals surface area (Å²) in [5.74, 6) is -1.33. The van der Waals surface area contributed by atoms with Crippen molar-refractivity contribution in [2.45, 2.75) is 58.8 Å². The predicted molar refractivity (Wildman–Crippen MR) is 72.9 cm³/mol. The lowest BCUT2D eigenvalue weighted by Gasteiger charge is -2.32. The Morgan fingerprint density at radius 3 is 2.10 bits per heavy atom. The number of carbonyl (C=O) groups excluding carboxylic acids is 2. The molecule has 0 spiro atoms. The molecule has 1 aliphatic heterocycles. The summed E-state index contributed by atoms with van der Waals surface area (Å²) in [7, 11) is 0. The van der Waals surface area contributed by atoms with Crippen molar-refractivity contribution in [3.05, 3.63) is 0 Å². The molecule has 1 saturated heterocycles. The van der Waals surface area contributed by atoms with Crippen LogP contribution in [0.4, 0.5) is 0 Å². The van der Waals surface area contributed by atoms with Crippen molar-refractivity contribution in [2.24, 2.45) is 10.8 Å². The van der Waals surface area contributed by atoms with Gasteiger partial charge in [0.25, 0.3) is 0 Å². The Kier molecular flexibility index (Phi) is 3.89. The molecule has 2 rings (SSSR count). The van der Waals surface area contributed by atoms with Gasteiger partial charge in [0.05, 0.1) is 10.8 Å². The van der Waals surface area contributed by atoms with Gasteiger partial charge in [-0.05, 0) is 12.8 Å². The monoisotopic (exact) mass is 281 g/mol. The fourth-order valence-corrected chi connectivity index (χ4v) is 3.34. The van der Waals surface area contributed by atoms with Gasteiger partial charge < -0.3 is 5.11 Å². The molecule has 0 aromatic carbocycles. The molecular formula is C15H23NO4. The number of hydrogen-bond acceptors (Lipinski definition) is 3. The normalized spacial score (nSPS) is 25.6. The molecule has 1 aliphatic carbocycles. The number of carboxylic acids is 1. The minimum atomic E-state index is -0.942. The van der Waals surface area contributed by atoms with E-state index < -0.39 is 16.8 Å². The second kappa shape index (κ2) is 5.19. The Bertz CT molecular complexity index is 433. The van der Waals surface area contributed by atoms with Gasteiger partial charge in [0.1, 0.15) is 0 Å². The zero-order chi connectivity index (χ0) is 15.0. The quantitative estimate of drug-likeness (QED) is 0.635. The van der Waals surface area contributed by atoms with Gasteiger partial charge in [0, 0.05) is 13.0 Å². The minimum absolute atomic E-state index is 0.0451. The highest BCUT2D eigenvalue weighted by molar-refractivity contribution is 6.05. The third kappa shape index (κ3) is 2.58. The molecule has 112 valence electrons. The maximum Gasteiger partial charge on any atom is 0.311 e. The van der Waals surface area contributed by atoms with Crippen LogP contribution in [0.2, 0.25) is 0 Å². The van der Waals surface area contributed by atoms with E-state index >= 15 is 0 Å². The lowest BCUT2D eigenvalue weighted by atomic mass is 9.79. The number of aliphatic carboxylic acids is 1. The molecule has 0 radical (unpaired) electrons. The second-order valence-electron chi connectivity index (χ2n) is 6.85. The summed E-state index contributed by atoms with van der Waals surface area (Å²) in [6, 6.07) is 0. The lowest BCUT2D eigenvalue weighted by Crippen LogP contribution is -2.46. The predicted octanol–water partition coefficient (Wildman–Crippen LogP) is 2.20. The van der Waals surface area contributed by atoms with E-state index in [2.05, 4.69) is 0 Å². The highest BCUT2D eigenvalue weighted by atomic mass is 16.4. The third-order valence-corrected chi connectivity index (χ3v) is 4.69. The highest BCUT2D eigenvalue weighted by Gasteiger charge is 2.50. The van der Waals surface area contributed by atoms with Gasteiger partial charge in [-0.15, -0.1) is 0 Å². The molecule has 5 heteroatoms. The van der Waals surface area contributed by atoms with Gasteiger partial charge >= 0.3 is 5.97 Å². The molecule has 2 fully saturated rings. The maximum absolute atomic E-state index is 12.3. The first kappa shape index (κ1) is 15.0. The van der Waals surface area contributed by atoms with E-state index in [0.717, 1.165) is 25.7 Å². The molecule has 20 heavy (non-hydrogen) atoms. The number of carboxylic acid groups (broad SMARTS) is 1. The van der Waals surface area contributed by atoms with Gasteiger partial charge in [-0.3, -0.25) is 19.3 Å². The van der Waals surface area contributed by atoms with E-state index in [1.54, 1.807) is 13.8 Å². The Balaban J connectivity index is 2.22. The lowest BCUT2D eigenvalue weighted by molar-refractivity contribution is -0.154. The molecule has 0 aromatic heterocycles. The van der Waals surface area contributed by atoms with Crippen LogP contribution in [0.3, 0.4) is 0 Å². The first-order chi connectivity index (χ1) is 9.28. The molecule has 0 unspecified atom stereocenters. The van der Waals surface area contributed by atoms with Gasteiger partial charge in [-0.1, -0.05) is 39.5 Å². The van der Waals surface area contributed by atoms with E-state index in [9.17, 15) is 19.5 Å². The zero-order valence-electron chi connectivity index (χ0n) is 12.3. The van der Waals surface area contributed by atoms with Crippen molar-refractivity contribution in [2.75, 3.05) is 6.54 Å². The van der Waals surface area contributed by atoms with Crippen molar-refractivity contribution < 1.29 is 19.5 Å². The van der Waals surface area contributed by atoms with Gasteiger partial charge in [-0.2, -0.15) is 0 Å². The van der Waals surface area contributed by atoms with Gasteiger partial charge in [0.2, 0.25) is 11.8 Å². The van der Waals surface area contributed by atoms with Crippen LogP contribution in [0, 0.1) is 10.8 Å². The minimum Gasteiger partial charge on any atom is -0.481 e. The van der Waals surface area contributed by atoms with Crippen LogP contribution >= 0.6 is 0 Å². The average Bonchev–Trinajstić information content (AvgIpc) is 2.56. The van der Waals surface area contributed by atoms with Crippen LogP contribution in [-0.2, 0) is 14.4 Å². The number of imide groups is 1. The number of hydrogen-bond donors (Lipinski definition) is 1. The van der Waals surface area contributed by atoms with E-state index in [-0.39, 0.29) is 24.8 Å². The van der Waals surface area contributed by atoms with Crippen molar-refractivity contribution in [3.63, 3.8) is 0 Å². The van der Waals surface area contributed by atoms with E-state index in [4.69, 9.17) is 0 Å². The molecular weight excluding hydrogens is 258 g/mol. The van der Waals surface area contributed by atoms with Crippen molar-refractivity contribution in [1.29, 1.82) is 0 Å². The van der Waals surface area contributed by atoms with Crippen molar-refractivity contribution >= 4 is 17.8 Å². The van der Waals surface area contributed by atoms with E-state index in [1.807, 2.05) is 0 Å². The second-order valence-corrected chi connectivity index (χ2v) is 6.85. The van der Waals surface area contributed by atoms with Crippen LogP contribution in [-0.4, -0.2) is 34.3 Å². The van der Waals surface area contributed by atoms with Crippen molar-refractivity contribution in [1.82, 2.24) is 4.90 Å². The van der Waals surface area contributed by atoms with Crippen LogP contribution in [0.15, 0.2) is 0 Å². The van der Waals surface area contributed by atoms with E-state index in [1.165, 1.54) is 4.90 Å². The molecule has 0 atom stereocenters. The molecule has 2 amide bonds. The van der Waals surface area contributed by atoms with Crippen LogP contribution in [0.25, 0.3) is 0 Å². The van der Waals surface area contributed by atoms with E-state index in [0.29, 0.717) is 12.8 Å². The Hall–Kier alpha value is -1.39. The Morgan fingerprint density at radius 1 is 1.15 bits per heavy atom. The molecule has 5 nitrogen and oxygen atoms in total. The number of rotatable bonds is 3. The highest BCUT2D eigenvalue weighted by Crippen LogP contribution is 2.40. The molecule has 2 aliphatic rings. The number of nitrogens with zero attached hydrogens (tertiary/aromatic N) is 1. The third-order valence-electron chi connectivity index (χ3n) is 4.69. The first-order valence-corrected chi connectivity index (χ1v) is 7.37. The maximum atomic E-state index is 12.3. The summed E-state index contributed by atoms with van der Waals surface area (Å²) in [6.07, 6.45) is 5.06. The largest absolute Gasteiger partial charge is 0.481 e. The van der Waals surface area contributed by atoms with Crippen LogP contribution in [0.1, 0.15) is 58.8 Å². The number of carbonyl (C=O) groups is 3. The van der Waals surface area contributed by atoms with Crippen molar-refractivity contribution in [3.8, 4) is 0 Å².